The molecule has 3 rings (SSSR count). The largest absolute Gasteiger partial charge is 0.335 e. The molecule has 18 heavy (non-hydrogen) atoms. The highest BCUT2D eigenvalue weighted by Gasteiger charge is 2.18. The molecule has 0 saturated heterocycles. The minimum Gasteiger partial charge on any atom is -0.335 e. The second-order valence-corrected chi connectivity index (χ2v) is 5.13. The molecular formula is C15H19N3. The minimum atomic E-state index is 0.524. The molecule has 0 aliphatic carbocycles. The molecule has 1 aliphatic rings. The van der Waals surface area contributed by atoms with Crippen LogP contribution in [0, 0.1) is 0 Å². The maximum atomic E-state index is 4.10. The van der Waals surface area contributed by atoms with Gasteiger partial charge in [0.15, 0.2) is 0 Å². The fourth-order valence-electron chi connectivity index (χ4n) is 2.61. The molecule has 3 heteroatoms. The van der Waals surface area contributed by atoms with Crippen molar-refractivity contribution >= 4 is 0 Å². The van der Waals surface area contributed by atoms with Gasteiger partial charge in [-0.1, -0.05) is 24.3 Å². The van der Waals surface area contributed by atoms with Crippen LogP contribution in [0.25, 0.3) is 0 Å². The Morgan fingerprint density at radius 3 is 2.56 bits per heavy atom. The van der Waals surface area contributed by atoms with Gasteiger partial charge in [-0.15, -0.1) is 0 Å². The maximum absolute atomic E-state index is 4.10. The normalized spacial score (nSPS) is 16.7. The second kappa shape index (κ2) is 4.94. The Kier molecular flexibility index (Phi) is 3.15. The molecule has 0 amide bonds. The number of aromatic nitrogens is 2. The minimum absolute atomic E-state index is 0.524. The van der Waals surface area contributed by atoms with Gasteiger partial charge in [0.05, 0.1) is 6.33 Å². The molecule has 3 nitrogen and oxygen atoms in total. The predicted octanol–water partition coefficient (Wildman–Crippen LogP) is 2.85. The van der Waals surface area contributed by atoms with Crippen LogP contribution in [0.5, 0.6) is 0 Å². The Bertz CT molecular complexity index is 479. The lowest BCUT2D eigenvalue weighted by atomic mass is 10.1. The molecule has 0 N–H and O–H groups in total. The highest BCUT2D eigenvalue weighted by Crippen LogP contribution is 2.23. The first kappa shape index (κ1) is 11.5. The van der Waals surface area contributed by atoms with E-state index in [0.29, 0.717) is 6.04 Å². The van der Waals surface area contributed by atoms with Gasteiger partial charge in [0.1, 0.15) is 0 Å². The number of nitrogens with zero attached hydrogens (tertiary/aromatic N) is 3. The lowest BCUT2D eigenvalue weighted by Crippen LogP contribution is -2.20. The van der Waals surface area contributed by atoms with Gasteiger partial charge in [-0.2, -0.15) is 0 Å². The Hall–Kier alpha value is -1.61. The molecule has 1 aromatic carbocycles. The molecule has 1 atom stereocenters. The fourth-order valence-corrected chi connectivity index (χ4v) is 2.61. The van der Waals surface area contributed by atoms with E-state index in [0.717, 1.165) is 19.6 Å². The van der Waals surface area contributed by atoms with Crippen molar-refractivity contribution in [3.8, 4) is 0 Å². The number of fused-ring (bicyclic) bond motifs is 1. The highest BCUT2D eigenvalue weighted by atomic mass is 15.1. The molecule has 0 fully saturated rings. The lowest BCUT2D eigenvalue weighted by Gasteiger charge is -2.19. The van der Waals surface area contributed by atoms with E-state index in [4.69, 9.17) is 0 Å². The van der Waals surface area contributed by atoms with Crippen molar-refractivity contribution in [3.63, 3.8) is 0 Å². The molecule has 94 valence electrons. The first-order valence-corrected chi connectivity index (χ1v) is 6.59. The third kappa shape index (κ3) is 2.31. The summed E-state index contributed by atoms with van der Waals surface area (Å²) in [6, 6.07) is 9.28. The lowest BCUT2D eigenvalue weighted by molar-refractivity contribution is 0.262. The number of imidazole rings is 1. The molecule has 1 aromatic heterocycles. The van der Waals surface area contributed by atoms with Gasteiger partial charge in [-0.05, 0) is 24.5 Å². The predicted molar refractivity (Wildman–Crippen MR) is 72.1 cm³/mol. The van der Waals surface area contributed by atoms with E-state index in [1.807, 2.05) is 18.7 Å². The third-order valence-electron chi connectivity index (χ3n) is 3.80. The van der Waals surface area contributed by atoms with Gasteiger partial charge < -0.3 is 4.57 Å². The highest BCUT2D eigenvalue weighted by molar-refractivity contribution is 5.30. The van der Waals surface area contributed by atoms with E-state index in [1.165, 1.54) is 17.5 Å². The van der Waals surface area contributed by atoms with E-state index in [9.17, 15) is 0 Å². The Balaban J connectivity index is 1.54. The summed E-state index contributed by atoms with van der Waals surface area (Å²) in [6.07, 6.45) is 6.97. The zero-order valence-corrected chi connectivity index (χ0v) is 10.8. The second-order valence-electron chi connectivity index (χ2n) is 5.13. The van der Waals surface area contributed by atoms with E-state index in [-0.39, 0.29) is 0 Å². The first-order valence-electron chi connectivity index (χ1n) is 6.59. The van der Waals surface area contributed by atoms with Crippen LogP contribution in [0.4, 0.5) is 0 Å². The fraction of sp³-hybridized carbons (Fsp3) is 0.400. The number of rotatable bonds is 4. The quantitative estimate of drug-likeness (QED) is 0.820. The van der Waals surface area contributed by atoms with E-state index < -0.39 is 0 Å². The van der Waals surface area contributed by atoms with E-state index in [1.54, 1.807) is 0 Å². The van der Waals surface area contributed by atoms with Crippen molar-refractivity contribution in [1.29, 1.82) is 0 Å². The van der Waals surface area contributed by atoms with Gasteiger partial charge >= 0.3 is 0 Å². The van der Waals surface area contributed by atoms with Crippen molar-refractivity contribution in [3.05, 3.63) is 54.1 Å². The molecule has 0 radical (unpaired) electrons. The van der Waals surface area contributed by atoms with Gasteiger partial charge in [0.2, 0.25) is 0 Å². The maximum Gasteiger partial charge on any atom is 0.0948 e. The number of hydrogen-bond donors (Lipinski definition) is 0. The SMILES string of the molecule is CC(CCN1Cc2ccccc2C1)n1ccnc1. The van der Waals surface area contributed by atoms with Crippen LogP contribution < -0.4 is 0 Å². The summed E-state index contributed by atoms with van der Waals surface area (Å²) in [5, 5.41) is 0. The molecule has 2 aromatic rings. The molecular weight excluding hydrogens is 222 g/mol. The zero-order valence-electron chi connectivity index (χ0n) is 10.8. The monoisotopic (exact) mass is 241 g/mol. The Morgan fingerprint density at radius 1 is 1.22 bits per heavy atom. The van der Waals surface area contributed by atoms with Crippen LogP contribution in [0.3, 0.4) is 0 Å². The summed E-state index contributed by atoms with van der Waals surface area (Å²) >= 11 is 0. The Labute approximate surface area is 108 Å². The van der Waals surface area contributed by atoms with Gasteiger partial charge in [0, 0.05) is 38.1 Å². The first-order chi connectivity index (χ1) is 8.83. The van der Waals surface area contributed by atoms with Crippen LogP contribution in [-0.2, 0) is 13.1 Å². The summed E-state index contributed by atoms with van der Waals surface area (Å²) in [5.41, 5.74) is 2.99. The molecule has 0 saturated carbocycles. The standard InChI is InChI=1S/C15H19N3/c1-13(18-9-7-16-12-18)6-8-17-10-14-4-2-3-5-15(14)11-17/h2-5,7,9,12-13H,6,8,10-11H2,1H3. The summed E-state index contributed by atoms with van der Waals surface area (Å²) < 4.78 is 2.18. The zero-order chi connectivity index (χ0) is 12.4. The molecule has 0 bridgehead atoms. The van der Waals surface area contributed by atoms with Crippen molar-refractivity contribution in [2.24, 2.45) is 0 Å². The average Bonchev–Trinajstić information content (AvgIpc) is 3.04. The molecule has 1 aliphatic heterocycles. The smallest absolute Gasteiger partial charge is 0.0948 e. The summed E-state index contributed by atoms with van der Waals surface area (Å²) in [5.74, 6) is 0. The van der Waals surface area contributed by atoms with Crippen LogP contribution >= 0.6 is 0 Å². The summed E-state index contributed by atoms with van der Waals surface area (Å²) in [6.45, 7) is 5.61. The van der Waals surface area contributed by atoms with Crippen LogP contribution in [0.2, 0.25) is 0 Å². The average molecular weight is 241 g/mol. The van der Waals surface area contributed by atoms with Gasteiger partial charge in [-0.25, -0.2) is 4.98 Å². The third-order valence-corrected chi connectivity index (χ3v) is 3.80. The van der Waals surface area contributed by atoms with E-state index in [2.05, 4.69) is 45.6 Å². The van der Waals surface area contributed by atoms with Crippen molar-refractivity contribution in [2.75, 3.05) is 6.54 Å². The van der Waals surface area contributed by atoms with Crippen LogP contribution in [0.1, 0.15) is 30.5 Å². The van der Waals surface area contributed by atoms with Gasteiger partial charge in [0.25, 0.3) is 0 Å². The Morgan fingerprint density at radius 2 is 1.94 bits per heavy atom. The molecule has 0 spiro atoms. The van der Waals surface area contributed by atoms with Crippen molar-refractivity contribution < 1.29 is 0 Å². The summed E-state index contributed by atoms with van der Waals surface area (Å²) in [7, 11) is 0. The summed E-state index contributed by atoms with van der Waals surface area (Å²) in [4.78, 5) is 6.63. The van der Waals surface area contributed by atoms with Crippen molar-refractivity contribution in [1.82, 2.24) is 14.5 Å². The van der Waals surface area contributed by atoms with Crippen LogP contribution in [-0.4, -0.2) is 21.0 Å². The topological polar surface area (TPSA) is 21.1 Å². The number of benzene rings is 1. The van der Waals surface area contributed by atoms with Gasteiger partial charge in [-0.3, -0.25) is 4.90 Å². The van der Waals surface area contributed by atoms with Crippen LogP contribution in [0.15, 0.2) is 43.0 Å². The molecule has 2 heterocycles. The number of hydrogen-bond acceptors (Lipinski definition) is 2. The molecule has 1 unspecified atom stereocenters. The van der Waals surface area contributed by atoms with Crippen molar-refractivity contribution in [2.45, 2.75) is 32.5 Å². The van der Waals surface area contributed by atoms with E-state index >= 15 is 0 Å².